The molecule has 162 valence electrons. The van der Waals surface area contributed by atoms with E-state index < -0.39 is 53.9 Å². The molecule has 0 spiro atoms. The molecule has 0 saturated heterocycles. The molecule has 0 amide bonds. The topological polar surface area (TPSA) is 62.2 Å². The van der Waals surface area contributed by atoms with Gasteiger partial charge < -0.3 is 5.11 Å². The molecule has 0 bridgehead atoms. The maximum Gasteiger partial charge on any atom is 0.265 e. The maximum atomic E-state index is 15.7. The van der Waals surface area contributed by atoms with Gasteiger partial charge in [-0.25, -0.2) is 27.1 Å². The van der Waals surface area contributed by atoms with Gasteiger partial charge in [0, 0.05) is 0 Å². The molecular formula is C18H30BrF3N2O2SSi. The number of alkyl halides is 2. The summed E-state index contributed by atoms with van der Waals surface area (Å²) < 4.78 is 58.3. The number of pyridine rings is 1. The van der Waals surface area contributed by atoms with E-state index in [-0.39, 0.29) is 4.60 Å². The number of halogens is 4. The summed E-state index contributed by atoms with van der Waals surface area (Å²) in [6, 6.07) is 3.80. The first-order valence-electron chi connectivity index (χ1n) is 9.30. The van der Waals surface area contributed by atoms with Crippen molar-refractivity contribution in [3.63, 3.8) is 0 Å². The van der Waals surface area contributed by atoms with Crippen LogP contribution in [0.15, 0.2) is 10.7 Å². The molecule has 0 saturated carbocycles. The Morgan fingerprint density at radius 1 is 1.25 bits per heavy atom. The van der Waals surface area contributed by atoms with Crippen molar-refractivity contribution in [3.8, 4) is 0 Å². The van der Waals surface area contributed by atoms with Crippen LogP contribution in [0, 0.1) is 5.82 Å². The van der Waals surface area contributed by atoms with Gasteiger partial charge in [-0.1, -0.05) is 38.9 Å². The zero-order valence-electron chi connectivity index (χ0n) is 17.2. The van der Waals surface area contributed by atoms with Crippen LogP contribution in [-0.4, -0.2) is 40.2 Å². The average molecular weight is 504 g/mol. The van der Waals surface area contributed by atoms with Crippen molar-refractivity contribution in [2.75, 3.05) is 6.61 Å². The van der Waals surface area contributed by atoms with Crippen LogP contribution in [0.5, 0.6) is 0 Å². The van der Waals surface area contributed by atoms with Crippen LogP contribution in [0.25, 0.3) is 0 Å². The minimum Gasteiger partial charge on any atom is -0.394 e. The number of aliphatic hydroxyl groups is 1. The molecule has 0 unspecified atom stereocenters. The Balaban J connectivity index is 3.79. The first-order chi connectivity index (χ1) is 12.8. The highest BCUT2D eigenvalue weighted by Gasteiger charge is 2.49. The van der Waals surface area contributed by atoms with E-state index >= 15 is 4.39 Å². The Kier molecular flexibility index (Phi) is 8.90. The van der Waals surface area contributed by atoms with Gasteiger partial charge in [-0.2, -0.15) is 0 Å². The lowest BCUT2D eigenvalue weighted by Crippen LogP contribution is -2.57. The molecule has 0 radical (unpaired) electrons. The Bertz CT molecular complexity index is 707. The van der Waals surface area contributed by atoms with Crippen molar-refractivity contribution < 1.29 is 22.5 Å². The van der Waals surface area contributed by atoms with Gasteiger partial charge >= 0.3 is 0 Å². The van der Waals surface area contributed by atoms with E-state index in [0.29, 0.717) is 5.19 Å². The van der Waals surface area contributed by atoms with Crippen LogP contribution in [-0.2, 0) is 16.5 Å². The third kappa shape index (κ3) is 4.88. The number of aromatic nitrogens is 1. The molecule has 0 fully saturated rings. The van der Waals surface area contributed by atoms with Crippen LogP contribution in [0.2, 0.25) is 18.1 Å². The van der Waals surface area contributed by atoms with E-state index in [0.717, 1.165) is 18.1 Å². The minimum absolute atomic E-state index is 0.216. The van der Waals surface area contributed by atoms with Crippen LogP contribution >= 0.6 is 15.9 Å². The summed E-state index contributed by atoms with van der Waals surface area (Å²) in [6.07, 6.45) is -3.23. The molecular weight excluding hydrogens is 473 g/mol. The highest BCUT2D eigenvalue weighted by atomic mass is 79.9. The molecule has 2 N–H and O–H groups in total. The van der Waals surface area contributed by atoms with Crippen molar-refractivity contribution in [1.82, 2.24) is 9.71 Å². The lowest BCUT2D eigenvalue weighted by molar-refractivity contribution is 0.000976. The normalized spacial score (nSPS) is 16.3. The van der Waals surface area contributed by atoms with Crippen molar-refractivity contribution in [3.05, 3.63) is 22.2 Å². The molecule has 2 atom stereocenters. The molecule has 1 rings (SSSR count). The van der Waals surface area contributed by atoms with Gasteiger partial charge in [0.05, 0.1) is 30.4 Å². The number of aliphatic hydroxyl groups excluding tert-OH is 1. The van der Waals surface area contributed by atoms with E-state index in [4.69, 9.17) is 0 Å². The van der Waals surface area contributed by atoms with Gasteiger partial charge in [0.2, 0.25) is 0 Å². The molecule has 1 heterocycles. The first kappa shape index (κ1) is 25.7. The van der Waals surface area contributed by atoms with Crippen molar-refractivity contribution >= 4 is 40.2 Å². The summed E-state index contributed by atoms with van der Waals surface area (Å²) in [4.78, 5) is 3.98. The zero-order chi connectivity index (χ0) is 21.9. The molecule has 0 aliphatic carbocycles. The van der Waals surface area contributed by atoms with Crippen LogP contribution in [0.4, 0.5) is 13.2 Å². The second-order valence-corrected chi connectivity index (χ2v) is 15.9. The molecule has 4 nitrogen and oxygen atoms in total. The highest BCUT2D eigenvalue weighted by Crippen LogP contribution is 2.33. The standard InChI is InChI=1S/C18H30BrF3N2O2SSi/c1-7-28(8-2,9-3)12-10-13(19)23-15(14(12)20)18(11-25,16(21)22)24-27(26)17(4,5)6/h10,16,24-25H,7-9,11H2,1-6H3/t18-,27+/m1/s1. The summed E-state index contributed by atoms with van der Waals surface area (Å²) in [6.45, 7) is 9.59. The molecule has 0 aromatic carbocycles. The Labute approximate surface area is 177 Å². The molecule has 0 aliphatic heterocycles. The second-order valence-electron chi connectivity index (χ2n) is 7.91. The van der Waals surface area contributed by atoms with E-state index in [1.165, 1.54) is 0 Å². The van der Waals surface area contributed by atoms with Crippen molar-refractivity contribution in [2.24, 2.45) is 0 Å². The van der Waals surface area contributed by atoms with Gasteiger partial charge in [0.25, 0.3) is 6.43 Å². The largest absolute Gasteiger partial charge is 0.394 e. The zero-order valence-corrected chi connectivity index (χ0v) is 20.6. The first-order valence-corrected chi connectivity index (χ1v) is 13.9. The Morgan fingerprint density at radius 2 is 1.75 bits per heavy atom. The molecule has 28 heavy (non-hydrogen) atoms. The summed E-state index contributed by atoms with van der Waals surface area (Å²) in [5.41, 5.74) is -3.17. The third-order valence-corrected chi connectivity index (χ3v) is 13.0. The van der Waals surface area contributed by atoms with Crippen LogP contribution in [0.1, 0.15) is 47.2 Å². The number of nitrogens with zero attached hydrogens (tertiary/aromatic N) is 1. The quantitative estimate of drug-likeness (QED) is 0.392. The SMILES string of the molecule is CC[Si](CC)(CC)c1cc(Br)nc([C@@](CO)(N[S@@](=O)C(C)(C)C)C(F)F)c1F. The summed E-state index contributed by atoms with van der Waals surface area (Å²) >= 11 is 3.22. The molecule has 1 aromatic rings. The van der Waals surface area contributed by atoms with Crippen LogP contribution < -0.4 is 9.91 Å². The third-order valence-electron chi connectivity index (χ3n) is 5.40. The fraction of sp³-hybridized carbons (Fsp3) is 0.722. The van der Waals surface area contributed by atoms with Crippen molar-refractivity contribution in [2.45, 2.75) is 76.4 Å². The summed E-state index contributed by atoms with van der Waals surface area (Å²) in [5, 5.41) is 10.3. The maximum absolute atomic E-state index is 15.7. The molecule has 10 heteroatoms. The highest BCUT2D eigenvalue weighted by molar-refractivity contribution is 9.10. The average Bonchev–Trinajstić information content (AvgIpc) is 2.62. The Hall–Kier alpha value is -0.293. The molecule has 0 aliphatic rings. The summed E-state index contributed by atoms with van der Waals surface area (Å²) in [5.74, 6) is -0.840. The monoisotopic (exact) mass is 502 g/mol. The van der Waals surface area contributed by atoms with Crippen LogP contribution in [0.3, 0.4) is 0 Å². The van der Waals surface area contributed by atoms with Crippen molar-refractivity contribution in [1.29, 1.82) is 0 Å². The fourth-order valence-electron chi connectivity index (χ4n) is 3.19. The second kappa shape index (κ2) is 9.68. The van der Waals surface area contributed by atoms with E-state index in [1.807, 2.05) is 20.8 Å². The number of nitrogens with one attached hydrogen (secondary N) is 1. The smallest absolute Gasteiger partial charge is 0.265 e. The summed E-state index contributed by atoms with van der Waals surface area (Å²) in [7, 11) is -4.26. The number of hydrogen-bond donors (Lipinski definition) is 2. The van der Waals surface area contributed by atoms with Gasteiger partial charge in [-0.3, -0.25) is 0 Å². The lowest BCUT2D eigenvalue weighted by atomic mass is 9.97. The lowest BCUT2D eigenvalue weighted by Gasteiger charge is -2.36. The van der Waals surface area contributed by atoms with E-state index in [2.05, 4.69) is 25.6 Å². The number of rotatable bonds is 9. The molecule has 1 aromatic heterocycles. The predicted octanol–water partition coefficient (Wildman–Crippen LogP) is 4.20. The van der Waals surface area contributed by atoms with Gasteiger partial charge in [-0.15, -0.1) is 0 Å². The Morgan fingerprint density at radius 3 is 2.11 bits per heavy atom. The van der Waals surface area contributed by atoms with E-state index in [1.54, 1.807) is 26.8 Å². The predicted molar refractivity (Wildman–Crippen MR) is 115 cm³/mol. The van der Waals surface area contributed by atoms with Gasteiger partial charge in [0.15, 0.2) is 5.54 Å². The fourth-order valence-corrected chi connectivity index (χ4v) is 8.37. The van der Waals surface area contributed by atoms with Gasteiger partial charge in [0.1, 0.15) is 16.1 Å². The van der Waals surface area contributed by atoms with E-state index in [9.17, 15) is 18.1 Å². The number of hydrogen-bond acceptors (Lipinski definition) is 3. The van der Waals surface area contributed by atoms with Gasteiger partial charge in [-0.05, 0) is 48.0 Å². The minimum atomic E-state index is -3.23.